The van der Waals surface area contributed by atoms with Gasteiger partial charge in [-0.15, -0.1) is 0 Å². The Morgan fingerprint density at radius 3 is 2.65 bits per heavy atom. The lowest BCUT2D eigenvalue weighted by atomic mass is 10.2. The highest BCUT2D eigenvalue weighted by atomic mass is 32.2. The van der Waals surface area contributed by atoms with E-state index in [1.807, 2.05) is 42.5 Å². The monoisotopic (exact) mass is 299 g/mol. The summed E-state index contributed by atoms with van der Waals surface area (Å²) < 4.78 is 1.13. The van der Waals surface area contributed by atoms with Crippen LogP contribution in [0, 0.1) is 0 Å². The highest BCUT2D eigenvalue weighted by molar-refractivity contribution is 8.13. The van der Waals surface area contributed by atoms with E-state index in [-0.39, 0.29) is 0 Å². The molecule has 100 valence electrons. The second kappa shape index (κ2) is 6.07. The van der Waals surface area contributed by atoms with Crippen LogP contribution in [0.3, 0.4) is 0 Å². The van der Waals surface area contributed by atoms with Crippen molar-refractivity contribution in [2.24, 2.45) is 10.7 Å². The fourth-order valence-electron chi connectivity index (χ4n) is 1.77. The number of aromatic nitrogens is 1. The minimum absolute atomic E-state index is 0.549. The van der Waals surface area contributed by atoms with Gasteiger partial charge in [-0.05, 0) is 17.7 Å². The second-order valence-corrected chi connectivity index (χ2v) is 6.19. The average Bonchev–Trinajstić information content (AvgIpc) is 2.88. The van der Waals surface area contributed by atoms with Crippen molar-refractivity contribution in [2.45, 2.75) is 5.75 Å². The van der Waals surface area contributed by atoms with Gasteiger partial charge in [0.15, 0.2) is 5.17 Å². The third-order valence-corrected chi connectivity index (χ3v) is 4.51. The molecule has 0 amide bonds. The maximum atomic E-state index is 5.96. The highest BCUT2D eigenvalue weighted by Gasteiger charge is 2.03. The molecule has 1 aromatic heterocycles. The average molecular weight is 299 g/mol. The molecule has 2 N–H and O–H groups in total. The first kappa shape index (κ1) is 13.1. The van der Waals surface area contributed by atoms with Gasteiger partial charge >= 0.3 is 0 Å². The van der Waals surface area contributed by atoms with E-state index >= 15 is 0 Å². The zero-order valence-corrected chi connectivity index (χ0v) is 12.3. The highest BCUT2D eigenvalue weighted by Crippen LogP contribution is 2.28. The smallest absolute Gasteiger partial charge is 0.212 e. The van der Waals surface area contributed by atoms with E-state index in [0.29, 0.717) is 10.3 Å². The summed E-state index contributed by atoms with van der Waals surface area (Å²) in [4.78, 5) is 8.82. The number of fused-ring (bicyclic) bond motifs is 1. The van der Waals surface area contributed by atoms with Gasteiger partial charge in [-0.2, -0.15) is 4.99 Å². The maximum Gasteiger partial charge on any atom is 0.212 e. The van der Waals surface area contributed by atoms with Crippen LogP contribution in [-0.2, 0) is 5.75 Å². The van der Waals surface area contributed by atoms with E-state index in [2.05, 4.69) is 22.1 Å². The van der Waals surface area contributed by atoms with Crippen LogP contribution in [0.15, 0.2) is 59.6 Å². The molecule has 5 heteroatoms. The minimum atomic E-state index is 0.549. The van der Waals surface area contributed by atoms with Crippen molar-refractivity contribution in [3.05, 3.63) is 60.2 Å². The number of thioether (sulfide) groups is 1. The number of amidine groups is 1. The van der Waals surface area contributed by atoms with E-state index in [4.69, 9.17) is 5.73 Å². The molecule has 3 aromatic rings. The first-order valence-corrected chi connectivity index (χ1v) is 7.98. The van der Waals surface area contributed by atoms with Crippen molar-refractivity contribution in [3.63, 3.8) is 0 Å². The first-order chi connectivity index (χ1) is 9.81. The molecule has 2 aromatic carbocycles. The molecule has 0 spiro atoms. The Morgan fingerprint density at radius 2 is 1.85 bits per heavy atom. The van der Waals surface area contributed by atoms with Crippen molar-refractivity contribution in [1.29, 1.82) is 0 Å². The quantitative estimate of drug-likeness (QED) is 0.583. The lowest BCUT2D eigenvalue weighted by Gasteiger charge is -1.99. The Kier molecular flexibility index (Phi) is 3.99. The molecule has 0 atom stereocenters. The van der Waals surface area contributed by atoms with E-state index < -0.39 is 0 Å². The van der Waals surface area contributed by atoms with Crippen LogP contribution in [0.2, 0.25) is 0 Å². The summed E-state index contributed by atoms with van der Waals surface area (Å²) in [5.74, 6) is 0.821. The van der Waals surface area contributed by atoms with Crippen LogP contribution >= 0.6 is 23.1 Å². The normalized spacial score (nSPS) is 11.9. The summed E-state index contributed by atoms with van der Waals surface area (Å²) >= 11 is 3.08. The van der Waals surface area contributed by atoms with Crippen molar-refractivity contribution in [1.82, 2.24) is 4.98 Å². The van der Waals surface area contributed by atoms with Crippen LogP contribution in [0.25, 0.3) is 10.2 Å². The zero-order chi connectivity index (χ0) is 13.8. The summed E-state index contributed by atoms with van der Waals surface area (Å²) in [6, 6.07) is 18.2. The van der Waals surface area contributed by atoms with Gasteiger partial charge in [0.1, 0.15) is 0 Å². The van der Waals surface area contributed by atoms with Crippen molar-refractivity contribution in [2.75, 3.05) is 0 Å². The first-order valence-electron chi connectivity index (χ1n) is 6.18. The van der Waals surface area contributed by atoms with Gasteiger partial charge in [-0.3, -0.25) is 0 Å². The SMILES string of the molecule is NC(=Nc1nc2ccccc2s1)SCc1ccccc1. The molecule has 0 bridgehead atoms. The standard InChI is InChI=1S/C15H13N3S2/c16-14(19-10-11-6-2-1-3-7-11)18-15-17-12-8-4-5-9-13(12)20-15/h1-9H,10H2,(H2,16,17,18). The largest absolute Gasteiger partial charge is 0.378 e. The van der Waals surface area contributed by atoms with Crippen LogP contribution in [0.4, 0.5) is 5.13 Å². The molecule has 1 heterocycles. The number of thiazole rings is 1. The Morgan fingerprint density at radius 1 is 1.10 bits per heavy atom. The molecule has 0 aliphatic heterocycles. The number of nitrogens with zero attached hydrogens (tertiary/aromatic N) is 2. The lowest BCUT2D eigenvalue weighted by molar-refractivity contribution is 1.39. The summed E-state index contributed by atoms with van der Waals surface area (Å²) in [5.41, 5.74) is 8.16. The van der Waals surface area contributed by atoms with Crippen molar-refractivity contribution >= 4 is 43.6 Å². The van der Waals surface area contributed by atoms with E-state index in [1.54, 1.807) is 11.3 Å². The molecule has 0 aliphatic carbocycles. The number of hydrogen-bond donors (Lipinski definition) is 1. The summed E-state index contributed by atoms with van der Waals surface area (Å²) in [5, 5.41) is 1.26. The van der Waals surface area contributed by atoms with Gasteiger partial charge in [0, 0.05) is 5.75 Å². The van der Waals surface area contributed by atoms with Crippen LogP contribution in [-0.4, -0.2) is 10.2 Å². The van der Waals surface area contributed by atoms with E-state index in [9.17, 15) is 0 Å². The Labute approximate surface area is 125 Å². The molecule has 0 radical (unpaired) electrons. The molecule has 3 rings (SSSR count). The minimum Gasteiger partial charge on any atom is -0.378 e. The molecule has 0 saturated carbocycles. The number of rotatable bonds is 3. The van der Waals surface area contributed by atoms with Gasteiger partial charge < -0.3 is 5.73 Å². The predicted molar refractivity (Wildman–Crippen MR) is 88.6 cm³/mol. The van der Waals surface area contributed by atoms with Crippen LogP contribution in [0.5, 0.6) is 0 Å². The molecule has 0 aliphatic rings. The molecule has 0 saturated heterocycles. The fourth-order valence-corrected chi connectivity index (χ4v) is 3.33. The van der Waals surface area contributed by atoms with Gasteiger partial charge in [-0.25, -0.2) is 4.98 Å². The van der Waals surface area contributed by atoms with Gasteiger partial charge in [0.05, 0.1) is 10.2 Å². The van der Waals surface area contributed by atoms with Gasteiger partial charge in [0.25, 0.3) is 0 Å². The topological polar surface area (TPSA) is 51.3 Å². The van der Waals surface area contributed by atoms with E-state index in [1.165, 1.54) is 17.3 Å². The molecule has 20 heavy (non-hydrogen) atoms. The molecule has 0 fully saturated rings. The van der Waals surface area contributed by atoms with Crippen LogP contribution in [0.1, 0.15) is 5.56 Å². The number of para-hydroxylation sites is 1. The third kappa shape index (κ3) is 3.18. The summed E-state index contributed by atoms with van der Waals surface area (Å²) in [7, 11) is 0. The van der Waals surface area contributed by atoms with E-state index in [0.717, 1.165) is 16.0 Å². The molecular formula is C15H13N3S2. The van der Waals surface area contributed by atoms with Gasteiger partial charge in [-0.1, -0.05) is 65.6 Å². The maximum absolute atomic E-state index is 5.96. The molecule has 3 nitrogen and oxygen atoms in total. The Hall–Kier alpha value is -1.85. The molecule has 0 unspecified atom stereocenters. The number of aliphatic imine (C=N–C) groups is 1. The number of benzene rings is 2. The Balaban J connectivity index is 1.71. The predicted octanol–water partition coefficient (Wildman–Crippen LogP) is 4.18. The summed E-state index contributed by atoms with van der Waals surface area (Å²) in [6.45, 7) is 0. The van der Waals surface area contributed by atoms with Crippen molar-refractivity contribution < 1.29 is 0 Å². The van der Waals surface area contributed by atoms with Crippen molar-refractivity contribution in [3.8, 4) is 0 Å². The summed E-state index contributed by atoms with van der Waals surface area (Å²) in [6.07, 6.45) is 0. The molecular weight excluding hydrogens is 286 g/mol. The zero-order valence-electron chi connectivity index (χ0n) is 10.7. The lowest BCUT2D eigenvalue weighted by Crippen LogP contribution is -2.05. The third-order valence-electron chi connectivity index (χ3n) is 2.72. The van der Waals surface area contributed by atoms with Crippen LogP contribution < -0.4 is 5.73 Å². The number of nitrogens with two attached hydrogens (primary N) is 1. The fraction of sp³-hybridized carbons (Fsp3) is 0.0667. The Bertz CT molecular complexity index is 702. The second-order valence-electron chi connectivity index (χ2n) is 4.19. The van der Waals surface area contributed by atoms with Gasteiger partial charge in [0.2, 0.25) is 5.13 Å². The number of hydrogen-bond acceptors (Lipinski definition) is 4.